The zero-order chi connectivity index (χ0) is 13.8. The number of anilines is 1. The molecule has 0 aliphatic heterocycles. The van der Waals surface area contributed by atoms with Crippen molar-refractivity contribution in [3.05, 3.63) is 33.8 Å². The van der Waals surface area contributed by atoms with Gasteiger partial charge in [-0.25, -0.2) is 0 Å². The largest absolute Gasteiger partial charge is 0.323 e. The molecule has 1 N–H and O–H groups in total. The Bertz CT molecular complexity index is 558. The van der Waals surface area contributed by atoms with Gasteiger partial charge in [0.15, 0.2) is 0 Å². The van der Waals surface area contributed by atoms with Gasteiger partial charge in [-0.3, -0.25) is 9.48 Å². The van der Waals surface area contributed by atoms with Crippen LogP contribution in [-0.4, -0.2) is 15.7 Å². The first-order valence-electron chi connectivity index (χ1n) is 6.48. The normalized spacial score (nSPS) is 10.7. The van der Waals surface area contributed by atoms with E-state index in [1.165, 1.54) is 0 Å². The first-order valence-corrected chi connectivity index (χ1v) is 7.36. The molecule has 0 bridgehead atoms. The molecule has 19 heavy (non-hydrogen) atoms. The van der Waals surface area contributed by atoms with Crippen LogP contribution in [0.2, 0.25) is 0 Å². The third-order valence-corrected chi connectivity index (χ3v) is 3.87. The molecule has 102 valence electrons. The number of carbonyl (C=O) groups excluding carboxylic acids is 1. The Kier molecular flexibility index (Phi) is 4.37. The first kappa shape index (κ1) is 13.8. The van der Waals surface area contributed by atoms with Crippen molar-refractivity contribution in [1.29, 1.82) is 0 Å². The number of aryl methyl sites for hydroxylation is 2. The van der Waals surface area contributed by atoms with Crippen molar-refractivity contribution in [2.45, 2.75) is 40.2 Å². The van der Waals surface area contributed by atoms with Gasteiger partial charge < -0.3 is 5.32 Å². The molecule has 1 amide bonds. The highest BCUT2D eigenvalue weighted by molar-refractivity contribution is 7.10. The van der Waals surface area contributed by atoms with Gasteiger partial charge in [-0.15, -0.1) is 11.3 Å². The van der Waals surface area contributed by atoms with Crippen molar-refractivity contribution in [1.82, 2.24) is 9.78 Å². The lowest BCUT2D eigenvalue weighted by molar-refractivity contribution is -0.115. The van der Waals surface area contributed by atoms with Gasteiger partial charge >= 0.3 is 0 Å². The molecular formula is C14H19N3OS. The number of thiophene rings is 1. The van der Waals surface area contributed by atoms with Crippen LogP contribution in [0.15, 0.2) is 17.5 Å². The molecule has 0 aliphatic rings. The minimum Gasteiger partial charge on any atom is -0.323 e. The number of hydrogen-bond donors (Lipinski definition) is 1. The summed E-state index contributed by atoms with van der Waals surface area (Å²) in [6.45, 7) is 6.93. The standard InChI is InChI=1S/C14H19N3OS/c1-4-7-17-11(3)14(10(2)16-17)15-13(18)9-12-6-5-8-19-12/h5-6,8H,4,7,9H2,1-3H3,(H,15,18). The Labute approximate surface area is 117 Å². The molecule has 4 nitrogen and oxygen atoms in total. The fourth-order valence-corrected chi connectivity index (χ4v) is 2.77. The number of hydrogen-bond acceptors (Lipinski definition) is 3. The van der Waals surface area contributed by atoms with Crippen LogP contribution in [0.3, 0.4) is 0 Å². The second-order valence-electron chi connectivity index (χ2n) is 4.57. The molecule has 5 heteroatoms. The second kappa shape index (κ2) is 6.02. The van der Waals surface area contributed by atoms with Crippen molar-refractivity contribution < 1.29 is 4.79 Å². The van der Waals surface area contributed by atoms with E-state index in [2.05, 4.69) is 17.3 Å². The highest BCUT2D eigenvalue weighted by Gasteiger charge is 2.14. The maximum absolute atomic E-state index is 12.0. The number of amides is 1. The highest BCUT2D eigenvalue weighted by atomic mass is 32.1. The number of rotatable bonds is 5. The fourth-order valence-electron chi connectivity index (χ4n) is 2.06. The Balaban J connectivity index is 2.08. The molecule has 0 unspecified atom stereocenters. The molecule has 2 aromatic rings. The van der Waals surface area contributed by atoms with Gasteiger partial charge in [-0.1, -0.05) is 13.0 Å². The van der Waals surface area contributed by atoms with E-state index >= 15 is 0 Å². The van der Waals surface area contributed by atoms with Crippen LogP contribution in [-0.2, 0) is 17.8 Å². The quantitative estimate of drug-likeness (QED) is 0.912. The lowest BCUT2D eigenvalue weighted by atomic mass is 10.2. The average molecular weight is 277 g/mol. The highest BCUT2D eigenvalue weighted by Crippen LogP contribution is 2.20. The van der Waals surface area contributed by atoms with Crippen LogP contribution in [0.25, 0.3) is 0 Å². The van der Waals surface area contributed by atoms with E-state index in [1.54, 1.807) is 11.3 Å². The van der Waals surface area contributed by atoms with E-state index in [4.69, 9.17) is 0 Å². The molecule has 0 aromatic carbocycles. The summed E-state index contributed by atoms with van der Waals surface area (Å²) < 4.78 is 1.95. The lowest BCUT2D eigenvalue weighted by Crippen LogP contribution is -2.15. The Morgan fingerprint density at radius 2 is 2.26 bits per heavy atom. The minimum absolute atomic E-state index is 0.0182. The summed E-state index contributed by atoms with van der Waals surface area (Å²) in [6.07, 6.45) is 1.46. The smallest absolute Gasteiger partial charge is 0.229 e. The summed E-state index contributed by atoms with van der Waals surface area (Å²) in [5, 5.41) is 9.42. The topological polar surface area (TPSA) is 46.9 Å². The Hall–Kier alpha value is -1.62. The molecule has 0 spiro atoms. The lowest BCUT2D eigenvalue weighted by Gasteiger charge is -2.05. The first-order chi connectivity index (χ1) is 9.11. The van der Waals surface area contributed by atoms with Crippen LogP contribution < -0.4 is 5.32 Å². The van der Waals surface area contributed by atoms with Crippen LogP contribution in [0.1, 0.15) is 29.6 Å². The van der Waals surface area contributed by atoms with E-state index < -0.39 is 0 Å². The summed E-state index contributed by atoms with van der Waals surface area (Å²) in [5.74, 6) is 0.0182. The maximum Gasteiger partial charge on any atom is 0.229 e. The zero-order valence-corrected chi connectivity index (χ0v) is 12.4. The van der Waals surface area contributed by atoms with Gasteiger partial charge in [0.05, 0.1) is 23.5 Å². The third-order valence-electron chi connectivity index (χ3n) is 3.00. The third kappa shape index (κ3) is 3.23. The predicted molar refractivity (Wildman–Crippen MR) is 78.6 cm³/mol. The number of nitrogens with zero attached hydrogens (tertiary/aromatic N) is 2. The second-order valence-corrected chi connectivity index (χ2v) is 5.61. The monoisotopic (exact) mass is 277 g/mol. The van der Waals surface area contributed by atoms with Crippen molar-refractivity contribution >= 4 is 22.9 Å². The van der Waals surface area contributed by atoms with Crippen LogP contribution >= 0.6 is 11.3 Å². The molecule has 2 aromatic heterocycles. The van der Waals surface area contributed by atoms with E-state index in [9.17, 15) is 4.79 Å². The van der Waals surface area contributed by atoms with E-state index in [0.717, 1.165) is 34.9 Å². The minimum atomic E-state index is 0.0182. The average Bonchev–Trinajstić information content (AvgIpc) is 2.94. The van der Waals surface area contributed by atoms with Gasteiger partial charge in [-0.2, -0.15) is 5.10 Å². The van der Waals surface area contributed by atoms with Crippen molar-refractivity contribution in [2.75, 3.05) is 5.32 Å². The zero-order valence-electron chi connectivity index (χ0n) is 11.6. The Morgan fingerprint density at radius 1 is 1.47 bits per heavy atom. The molecule has 2 heterocycles. The summed E-state index contributed by atoms with van der Waals surface area (Å²) in [5.41, 5.74) is 2.76. The van der Waals surface area contributed by atoms with E-state index in [0.29, 0.717) is 6.42 Å². The molecule has 0 saturated heterocycles. The van der Waals surface area contributed by atoms with Crippen LogP contribution in [0.4, 0.5) is 5.69 Å². The number of nitrogens with one attached hydrogen (secondary N) is 1. The predicted octanol–water partition coefficient (Wildman–Crippen LogP) is 3.15. The summed E-state index contributed by atoms with van der Waals surface area (Å²) in [4.78, 5) is 13.1. The number of carbonyl (C=O) groups is 1. The van der Waals surface area contributed by atoms with E-state index in [-0.39, 0.29) is 5.91 Å². The summed E-state index contributed by atoms with van der Waals surface area (Å²) >= 11 is 1.60. The maximum atomic E-state index is 12.0. The molecule has 2 rings (SSSR count). The van der Waals surface area contributed by atoms with Crippen molar-refractivity contribution in [2.24, 2.45) is 0 Å². The van der Waals surface area contributed by atoms with Gasteiger partial charge in [0.2, 0.25) is 5.91 Å². The van der Waals surface area contributed by atoms with Crippen molar-refractivity contribution in [3.63, 3.8) is 0 Å². The molecule has 0 saturated carbocycles. The van der Waals surface area contributed by atoms with Gasteiger partial charge in [0.25, 0.3) is 0 Å². The van der Waals surface area contributed by atoms with Crippen LogP contribution in [0.5, 0.6) is 0 Å². The van der Waals surface area contributed by atoms with Crippen LogP contribution in [0, 0.1) is 13.8 Å². The molecule has 0 atom stereocenters. The van der Waals surface area contributed by atoms with Crippen molar-refractivity contribution in [3.8, 4) is 0 Å². The summed E-state index contributed by atoms with van der Waals surface area (Å²) in [6, 6.07) is 3.94. The fraction of sp³-hybridized carbons (Fsp3) is 0.429. The molecular weight excluding hydrogens is 258 g/mol. The van der Waals surface area contributed by atoms with Gasteiger partial charge in [0.1, 0.15) is 0 Å². The SMILES string of the molecule is CCCn1nc(C)c(NC(=O)Cc2cccs2)c1C. The number of aromatic nitrogens is 2. The molecule has 0 radical (unpaired) electrons. The molecule has 0 fully saturated rings. The van der Waals surface area contributed by atoms with Gasteiger partial charge in [0, 0.05) is 11.4 Å². The summed E-state index contributed by atoms with van der Waals surface area (Å²) in [7, 11) is 0. The van der Waals surface area contributed by atoms with Gasteiger partial charge in [-0.05, 0) is 31.7 Å². The molecule has 0 aliphatic carbocycles. The van der Waals surface area contributed by atoms with E-state index in [1.807, 2.05) is 36.0 Å². The Morgan fingerprint density at radius 3 is 2.89 bits per heavy atom.